The van der Waals surface area contributed by atoms with Crippen molar-refractivity contribution in [2.45, 2.75) is 17.7 Å². The summed E-state index contributed by atoms with van der Waals surface area (Å²) in [6, 6.07) is 9.26. The molecular weight excluding hydrogens is 362 g/mol. The summed E-state index contributed by atoms with van der Waals surface area (Å²) >= 11 is 1.03. The van der Waals surface area contributed by atoms with E-state index in [-0.39, 0.29) is 15.6 Å². The van der Waals surface area contributed by atoms with Crippen LogP contribution in [0, 0.1) is 0 Å². The van der Waals surface area contributed by atoms with Gasteiger partial charge in [0.15, 0.2) is 9.90 Å². The van der Waals surface area contributed by atoms with Crippen molar-refractivity contribution in [1.29, 1.82) is 0 Å². The van der Waals surface area contributed by atoms with Gasteiger partial charge in [-0.1, -0.05) is 30.3 Å². The number of nitrogens with zero attached hydrogens (tertiary/aromatic N) is 3. The maximum atomic E-state index is 12.6. The van der Waals surface area contributed by atoms with Crippen molar-refractivity contribution in [2.75, 3.05) is 4.72 Å². The van der Waals surface area contributed by atoms with E-state index in [4.69, 9.17) is 5.73 Å². The van der Waals surface area contributed by atoms with E-state index in [2.05, 4.69) is 14.8 Å². The molecule has 1 aromatic carbocycles. The average molecular weight is 377 g/mol. The number of thiazole rings is 1. The summed E-state index contributed by atoms with van der Waals surface area (Å²) in [4.78, 5) is 15.6. The highest BCUT2D eigenvalue weighted by Crippen LogP contribution is 2.29. The number of aryl methyl sites for hydroxylation is 1. The lowest BCUT2D eigenvalue weighted by Gasteiger charge is -2.04. The fourth-order valence-corrected chi connectivity index (χ4v) is 4.32. The van der Waals surface area contributed by atoms with Crippen molar-refractivity contribution in [3.05, 3.63) is 48.4 Å². The quantitative estimate of drug-likeness (QED) is 0.680. The number of anilines is 1. The molecule has 10 heteroatoms. The molecule has 1 amide bonds. The Bertz CT molecular complexity index is 1010. The summed E-state index contributed by atoms with van der Waals surface area (Å²) in [5, 5.41) is 4.55. The Kier molecular flexibility index (Phi) is 4.55. The van der Waals surface area contributed by atoms with Gasteiger partial charge >= 0.3 is 0 Å². The second-order valence-electron chi connectivity index (χ2n) is 5.07. The van der Waals surface area contributed by atoms with Crippen LogP contribution < -0.4 is 10.5 Å². The van der Waals surface area contributed by atoms with Crippen LogP contribution in [0.4, 0.5) is 5.69 Å². The van der Waals surface area contributed by atoms with Crippen molar-refractivity contribution in [1.82, 2.24) is 14.8 Å². The average Bonchev–Trinajstić information content (AvgIpc) is 3.22. The van der Waals surface area contributed by atoms with Crippen LogP contribution in [-0.4, -0.2) is 29.1 Å². The molecule has 8 nitrogen and oxygen atoms in total. The number of aromatic nitrogens is 3. The molecule has 25 heavy (non-hydrogen) atoms. The molecule has 0 saturated carbocycles. The molecule has 0 aliphatic carbocycles. The van der Waals surface area contributed by atoms with Gasteiger partial charge in [0, 0.05) is 18.3 Å². The molecule has 0 saturated heterocycles. The van der Waals surface area contributed by atoms with Crippen molar-refractivity contribution in [3.8, 4) is 10.6 Å². The first-order valence-corrected chi connectivity index (χ1v) is 9.62. The molecular formula is C15H15N5O3S2. The Morgan fingerprint density at radius 2 is 2.04 bits per heavy atom. The second kappa shape index (κ2) is 6.65. The van der Waals surface area contributed by atoms with Crippen LogP contribution in [0.1, 0.15) is 17.4 Å². The number of nitrogens with two attached hydrogens (primary N) is 1. The normalized spacial score (nSPS) is 11.4. The molecule has 0 bridgehead atoms. The van der Waals surface area contributed by atoms with E-state index in [0.29, 0.717) is 11.6 Å². The summed E-state index contributed by atoms with van der Waals surface area (Å²) in [5.74, 6) is -0.806. The van der Waals surface area contributed by atoms with Crippen LogP contribution in [0.25, 0.3) is 10.6 Å². The molecule has 0 radical (unpaired) electrons. The highest BCUT2D eigenvalue weighted by atomic mass is 32.2. The van der Waals surface area contributed by atoms with E-state index in [9.17, 15) is 13.2 Å². The van der Waals surface area contributed by atoms with Gasteiger partial charge in [0.25, 0.3) is 15.9 Å². The van der Waals surface area contributed by atoms with Crippen LogP contribution in [0.5, 0.6) is 0 Å². The molecule has 130 valence electrons. The minimum atomic E-state index is -3.91. The van der Waals surface area contributed by atoms with Crippen molar-refractivity contribution in [3.63, 3.8) is 0 Å². The summed E-state index contributed by atoms with van der Waals surface area (Å²) in [6.45, 7) is 2.28. The van der Waals surface area contributed by atoms with Gasteiger partial charge in [-0.15, -0.1) is 11.3 Å². The summed E-state index contributed by atoms with van der Waals surface area (Å²) in [6.07, 6.45) is 2.71. The predicted molar refractivity (Wildman–Crippen MR) is 94.8 cm³/mol. The number of carbonyl (C=O) groups excluding carboxylic acids is 1. The van der Waals surface area contributed by atoms with Gasteiger partial charge in [0.1, 0.15) is 5.01 Å². The van der Waals surface area contributed by atoms with Gasteiger partial charge < -0.3 is 5.73 Å². The lowest BCUT2D eigenvalue weighted by Crippen LogP contribution is -2.17. The van der Waals surface area contributed by atoms with E-state index in [1.165, 1.54) is 17.1 Å². The molecule has 0 spiro atoms. The highest BCUT2D eigenvalue weighted by molar-refractivity contribution is 7.94. The Morgan fingerprint density at radius 1 is 1.32 bits per heavy atom. The van der Waals surface area contributed by atoms with Crippen molar-refractivity contribution < 1.29 is 13.2 Å². The maximum absolute atomic E-state index is 12.6. The second-order valence-corrected chi connectivity index (χ2v) is 8.01. The topological polar surface area (TPSA) is 120 Å². The first-order valence-electron chi connectivity index (χ1n) is 7.32. The minimum absolute atomic E-state index is 0.0334. The first-order chi connectivity index (χ1) is 11.9. The fourth-order valence-electron chi connectivity index (χ4n) is 2.13. The number of amides is 1. The Morgan fingerprint density at radius 3 is 2.68 bits per heavy atom. The summed E-state index contributed by atoms with van der Waals surface area (Å²) < 4.78 is 29.0. The monoisotopic (exact) mass is 377 g/mol. The van der Waals surface area contributed by atoms with Gasteiger partial charge in [-0.2, -0.15) is 5.10 Å². The largest absolute Gasteiger partial charge is 0.364 e. The smallest absolute Gasteiger partial charge is 0.273 e. The number of rotatable bonds is 6. The molecule has 0 fully saturated rings. The molecule has 0 atom stereocenters. The van der Waals surface area contributed by atoms with Crippen molar-refractivity contribution in [2.24, 2.45) is 5.73 Å². The number of hydrogen-bond donors (Lipinski definition) is 2. The SMILES string of the molecule is CCn1cc(NS(=O)(=O)c2cnc(-c3ccccc3)s2)c(C(N)=O)n1. The van der Waals surface area contributed by atoms with Gasteiger partial charge in [0.05, 0.1) is 11.9 Å². The van der Waals surface area contributed by atoms with Crippen LogP contribution in [0.2, 0.25) is 0 Å². The Labute approximate surface area is 148 Å². The Balaban J connectivity index is 1.92. The minimum Gasteiger partial charge on any atom is -0.364 e. The number of carbonyl (C=O) groups is 1. The third-order valence-electron chi connectivity index (χ3n) is 3.33. The fraction of sp³-hybridized carbons (Fsp3) is 0.133. The molecule has 3 rings (SSSR count). The van der Waals surface area contributed by atoms with E-state index >= 15 is 0 Å². The zero-order chi connectivity index (χ0) is 18.0. The predicted octanol–water partition coefficient (Wildman–Crippen LogP) is 1.93. The summed E-state index contributed by atoms with van der Waals surface area (Å²) in [5.41, 5.74) is 6.00. The molecule has 0 unspecified atom stereocenters. The van der Waals surface area contributed by atoms with Gasteiger partial charge in [-0.25, -0.2) is 13.4 Å². The van der Waals surface area contributed by atoms with Crippen LogP contribution in [0.15, 0.2) is 46.9 Å². The maximum Gasteiger partial charge on any atom is 0.273 e. The van der Waals surface area contributed by atoms with E-state index < -0.39 is 15.9 Å². The van der Waals surface area contributed by atoms with E-state index in [1.807, 2.05) is 37.3 Å². The van der Waals surface area contributed by atoms with Crippen molar-refractivity contribution >= 4 is 33.0 Å². The third kappa shape index (κ3) is 3.54. The number of nitrogens with one attached hydrogen (secondary N) is 1. The van der Waals surface area contributed by atoms with E-state index in [1.54, 1.807) is 0 Å². The highest BCUT2D eigenvalue weighted by Gasteiger charge is 2.23. The lowest BCUT2D eigenvalue weighted by atomic mass is 10.2. The van der Waals surface area contributed by atoms with Crippen LogP contribution in [-0.2, 0) is 16.6 Å². The number of primary amides is 1. The van der Waals surface area contributed by atoms with E-state index in [0.717, 1.165) is 16.9 Å². The Hall–Kier alpha value is -2.72. The van der Waals surface area contributed by atoms with Gasteiger partial charge in [-0.05, 0) is 6.92 Å². The molecule has 2 aromatic heterocycles. The zero-order valence-electron chi connectivity index (χ0n) is 13.2. The molecule has 3 N–H and O–H groups in total. The van der Waals surface area contributed by atoms with Gasteiger partial charge in [0.2, 0.25) is 0 Å². The molecule has 2 heterocycles. The summed E-state index contributed by atoms with van der Waals surface area (Å²) in [7, 11) is -3.91. The van der Waals surface area contributed by atoms with Crippen LogP contribution in [0.3, 0.4) is 0 Å². The number of hydrogen-bond acceptors (Lipinski definition) is 6. The number of sulfonamides is 1. The molecule has 0 aliphatic rings. The zero-order valence-corrected chi connectivity index (χ0v) is 14.8. The number of benzene rings is 1. The molecule has 3 aromatic rings. The lowest BCUT2D eigenvalue weighted by molar-refractivity contribution is 0.0995. The van der Waals surface area contributed by atoms with Gasteiger partial charge in [-0.3, -0.25) is 14.2 Å². The first kappa shape index (κ1) is 17.1. The van der Waals surface area contributed by atoms with Crippen LogP contribution >= 0.6 is 11.3 Å². The molecule has 0 aliphatic heterocycles. The third-order valence-corrected chi connectivity index (χ3v) is 6.21. The standard InChI is InChI=1S/C15H15N5O3S2/c1-2-20-9-11(13(18-20)14(16)21)19-25(22,23)12-8-17-15(24-12)10-6-4-3-5-7-10/h3-9,19H,2H2,1H3,(H2,16,21).